The van der Waals surface area contributed by atoms with Gasteiger partial charge in [-0.25, -0.2) is 4.79 Å². The van der Waals surface area contributed by atoms with Crippen molar-refractivity contribution >= 4 is 33.7 Å². The van der Waals surface area contributed by atoms with Crippen molar-refractivity contribution in [2.24, 2.45) is 0 Å². The maximum Gasteiger partial charge on any atom is 0.328 e. The molecule has 1 aromatic rings. The monoisotopic (exact) mass is 301 g/mol. The standard InChI is InChI=1S/C10H8BrNO5/c1-17-7-4-6(2-3-9(13)14)10(12(15)16)8(11)5-7/h2-5H,1H3,(H,13,14)/b3-2+. The topological polar surface area (TPSA) is 89.7 Å². The molecule has 90 valence electrons. The minimum atomic E-state index is -1.18. The summed E-state index contributed by atoms with van der Waals surface area (Å²) in [4.78, 5) is 20.6. The van der Waals surface area contributed by atoms with Gasteiger partial charge in [0.15, 0.2) is 0 Å². The third-order valence-electron chi connectivity index (χ3n) is 1.89. The van der Waals surface area contributed by atoms with Crippen LogP contribution in [0.1, 0.15) is 5.56 Å². The number of ether oxygens (including phenoxy) is 1. The molecule has 1 rings (SSSR count). The van der Waals surface area contributed by atoms with E-state index in [-0.39, 0.29) is 15.7 Å². The number of nitro groups is 1. The summed E-state index contributed by atoms with van der Waals surface area (Å²) in [6.07, 6.45) is 1.97. The molecule has 0 bridgehead atoms. The second kappa shape index (κ2) is 5.44. The molecule has 0 heterocycles. The summed E-state index contributed by atoms with van der Waals surface area (Å²) in [5, 5.41) is 19.3. The number of rotatable bonds is 4. The summed E-state index contributed by atoms with van der Waals surface area (Å²) < 4.78 is 5.17. The lowest BCUT2D eigenvalue weighted by Gasteiger charge is -2.04. The second-order valence-electron chi connectivity index (χ2n) is 2.98. The zero-order valence-electron chi connectivity index (χ0n) is 8.71. The fraction of sp³-hybridized carbons (Fsp3) is 0.100. The molecule has 0 aliphatic carbocycles. The van der Waals surface area contributed by atoms with Crippen LogP contribution in [-0.2, 0) is 4.79 Å². The molecule has 17 heavy (non-hydrogen) atoms. The molecule has 0 amide bonds. The minimum Gasteiger partial charge on any atom is -0.497 e. The van der Waals surface area contributed by atoms with Crippen LogP contribution >= 0.6 is 15.9 Å². The van der Waals surface area contributed by atoms with Crippen LogP contribution in [0, 0.1) is 10.1 Å². The highest BCUT2D eigenvalue weighted by molar-refractivity contribution is 9.10. The maximum atomic E-state index is 10.8. The molecular weight excluding hydrogens is 294 g/mol. The van der Waals surface area contributed by atoms with Gasteiger partial charge in [-0.05, 0) is 28.1 Å². The van der Waals surface area contributed by atoms with E-state index in [0.29, 0.717) is 5.75 Å². The quantitative estimate of drug-likeness (QED) is 0.524. The molecule has 7 heteroatoms. The van der Waals surface area contributed by atoms with E-state index in [2.05, 4.69) is 15.9 Å². The van der Waals surface area contributed by atoms with Gasteiger partial charge in [-0.15, -0.1) is 0 Å². The highest BCUT2D eigenvalue weighted by Gasteiger charge is 2.18. The van der Waals surface area contributed by atoms with Crippen molar-refractivity contribution in [2.75, 3.05) is 7.11 Å². The Hall–Kier alpha value is -1.89. The second-order valence-corrected chi connectivity index (χ2v) is 3.83. The van der Waals surface area contributed by atoms with Gasteiger partial charge in [-0.1, -0.05) is 0 Å². The minimum absolute atomic E-state index is 0.156. The molecule has 0 saturated heterocycles. The first-order chi connectivity index (χ1) is 7.95. The third kappa shape index (κ3) is 3.28. The molecule has 0 unspecified atom stereocenters. The van der Waals surface area contributed by atoms with Gasteiger partial charge >= 0.3 is 5.97 Å². The van der Waals surface area contributed by atoms with E-state index in [4.69, 9.17) is 9.84 Å². The van der Waals surface area contributed by atoms with Crippen molar-refractivity contribution < 1.29 is 19.6 Å². The van der Waals surface area contributed by atoms with Gasteiger partial charge in [-0.3, -0.25) is 10.1 Å². The molecule has 0 aliphatic heterocycles. The van der Waals surface area contributed by atoms with Crippen LogP contribution in [0.15, 0.2) is 22.7 Å². The lowest BCUT2D eigenvalue weighted by molar-refractivity contribution is -0.385. The van der Waals surface area contributed by atoms with Gasteiger partial charge in [0.1, 0.15) is 5.75 Å². The van der Waals surface area contributed by atoms with E-state index in [0.717, 1.165) is 12.2 Å². The third-order valence-corrected chi connectivity index (χ3v) is 2.49. The predicted octanol–water partition coefficient (Wildman–Crippen LogP) is 2.46. The van der Waals surface area contributed by atoms with Gasteiger partial charge in [0.2, 0.25) is 0 Å². The molecule has 0 fully saturated rings. The largest absolute Gasteiger partial charge is 0.497 e. The molecule has 0 saturated carbocycles. The van der Waals surface area contributed by atoms with E-state index in [1.54, 1.807) is 0 Å². The lowest BCUT2D eigenvalue weighted by atomic mass is 10.1. The van der Waals surface area contributed by atoms with Gasteiger partial charge < -0.3 is 9.84 Å². The Morgan fingerprint density at radius 2 is 2.24 bits per heavy atom. The smallest absolute Gasteiger partial charge is 0.328 e. The molecule has 1 N–H and O–H groups in total. The van der Waals surface area contributed by atoms with Gasteiger partial charge in [0, 0.05) is 12.1 Å². The van der Waals surface area contributed by atoms with Gasteiger partial charge in [0.25, 0.3) is 5.69 Å². The Morgan fingerprint density at radius 1 is 1.59 bits per heavy atom. The van der Waals surface area contributed by atoms with Crippen molar-refractivity contribution in [3.63, 3.8) is 0 Å². The zero-order valence-corrected chi connectivity index (χ0v) is 10.3. The summed E-state index contributed by atoms with van der Waals surface area (Å²) in [6.45, 7) is 0. The lowest BCUT2D eigenvalue weighted by Crippen LogP contribution is -1.95. The average Bonchev–Trinajstić information content (AvgIpc) is 2.24. The molecular formula is C10H8BrNO5. The molecule has 0 aliphatic rings. The van der Waals surface area contributed by atoms with Crippen LogP contribution in [-0.4, -0.2) is 23.1 Å². The normalized spacial score (nSPS) is 10.5. The van der Waals surface area contributed by atoms with Crippen LogP contribution in [0.3, 0.4) is 0 Å². The first-order valence-electron chi connectivity index (χ1n) is 4.38. The molecule has 6 nitrogen and oxygen atoms in total. The van der Waals surface area contributed by atoms with Crippen LogP contribution in [0.25, 0.3) is 6.08 Å². The van der Waals surface area contributed by atoms with E-state index in [9.17, 15) is 14.9 Å². The Balaban J connectivity index is 3.37. The van der Waals surface area contributed by atoms with Crippen LogP contribution in [0.4, 0.5) is 5.69 Å². The predicted molar refractivity (Wildman–Crippen MR) is 64.0 cm³/mol. The molecule has 0 spiro atoms. The molecule has 1 aromatic carbocycles. The summed E-state index contributed by atoms with van der Waals surface area (Å²) in [5.41, 5.74) is -0.0491. The summed E-state index contributed by atoms with van der Waals surface area (Å²) in [5.74, 6) is -0.786. The Morgan fingerprint density at radius 3 is 2.71 bits per heavy atom. The Labute approximate surface area is 105 Å². The SMILES string of the molecule is COc1cc(Br)c([N+](=O)[O-])c(/C=C/C(=O)O)c1. The number of carboxylic acid groups (broad SMARTS) is 1. The number of carboxylic acids is 1. The van der Waals surface area contributed by atoms with Crippen molar-refractivity contribution in [2.45, 2.75) is 0 Å². The number of carbonyl (C=O) groups is 1. The van der Waals surface area contributed by atoms with E-state index in [1.165, 1.54) is 19.2 Å². The number of hydrogen-bond acceptors (Lipinski definition) is 4. The summed E-state index contributed by atoms with van der Waals surface area (Å²) in [6, 6.07) is 2.83. The summed E-state index contributed by atoms with van der Waals surface area (Å²) in [7, 11) is 1.41. The Kier molecular flexibility index (Phi) is 4.22. The van der Waals surface area contributed by atoms with Crippen LogP contribution in [0.5, 0.6) is 5.75 Å². The van der Waals surface area contributed by atoms with E-state index >= 15 is 0 Å². The van der Waals surface area contributed by atoms with Crippen LogP contribution in [0.2, 0.25) is 0 Å². The van der Waals surface area contributed by atoms with Crippen molar-refractivity contribution in [1.82, 2.24) is 0 Å². The first kappa shape index (κ1) is 13.2. The molecule has 0 aromatic heterocycles. The molecule has 0 radical (unpaired) electrons. The fourth-order valence-corrected chi connectivity index (χ4v) is 1.79. The number of aliphatic carboxylic acids is 1. The van der Waals surface area contributed by atoms with Crippen LogP contribution < -0.4 is 4.74 Å². The summed E-state index contributed by atoms with van der Waals surface area (Å²) >= 11 is 3.04. The van der Waals surface area contributed by atoms with Crippen molar-refractivity contribution in [3.8, 4) is 5.75 Å². The number of methoxy groups -OCH3 is 1. The maximum absolute atomic E-state index is 10.8. The van der Waals surface area contributed by atoms with E-state index in [1.807, 2.05) is 0 Å². The average molecular weight is 302 g/mol. The highest BCUT2D eigenvalue weighted by Crippen LogP contribution is 2.34. The number of nitrogens with zero attached hydrogens (tertiary/aromatic N) is 1. The van der Waals surface area contributed by atoms with Crippen molar-refractivity contribution in [3.05, 3.63) is 38.4 Å². The molecule has 0 atom stereocenters. The number of halogens is 1. The van der Waals surface area contributed by atoms with E-state index < -0.39 is 10.9 Å². The van der Waals surface area contributed by atoms with Gasteiger partial charge in [0.05, 0.1) is 22.1 Å². The first-order valence-corrected chi connectivity index (χ1v) is 5.18. The van der Waals surface area contributed by atoms with Gasteiger partial charge in [-0.2, -0.15) is 0 Å². The zero-order chi connectivity index (χ0) is 13.0. The number of benzene rings is 1. The highest BCUT2D eigenvalue weighted by atomic mass is 79.9. The Bertz CT molecular complexity index is 498. The van der Waals surface area contributed by atoms with Crippen molar-refractivity contribution in [1.29, 1.82) is 0 Å². The fourth-order valence-electron chi connectivity index (χ4n) is 1.19. The number of hydrogen-bond donors (Lipinski definition) is 1. The number of nitro benzene ring substituents is 1.